The highest BCUT2D eigenvalue weighted by molar-refractivity contribution is 5.57. The molecule has 0 bridgehead atoms. The predicted molar refractivity (Wildman–Crippen MR) is 67.9 cm³/mol. The quantitative estimate of drug-likeness (QED) is 0.817. The summed E-state index contributed by atoms with van der Waals surface area (Å²) in [6.45, 7) is 2.41. The summed E-state index contributed by atoms with van der Waals surface area (Å²) in [5.74, 6) is 0.724. The molecule has 1 fully saturated rings. The van der Waals surface area contributed by atoms with Gasteiger partial charge in [-0.05, 0) is 44.5 Å². The second-order valence-electron chi connectivity index (χ2n) is 5.18. The van der Waals surface area contributed by atoms with Crippen LogP contribution in [0.15, 0.2) is 24.3 Å². The Hall–Kier alpha value is -1.02. The molecule has 1 aromatic carbocycles. The third-order valence-electron chi connectivity index (χ3n) is 4.17. The Bertz CT molecular complexity index is 375. The maximum atomic E-state index is 3.52. The van der Waals surface area contributed by atoms with Crippen molar-refractivity contribution < 1.29 is 0 Å². The van der Waals surface area contributed by atoms with Crippen LogP contribution < -0.4 is 5.32 Å². The fraction of sp³-hybridized carbons (Fsp3) is 0.571. The number of nitrogens with zero attached hydrogens (tertiary/aromatic N) is 1. The summed E-state index contributed by atoms with van der Waals surface area (Å²) in [6.07, 6.45) is 4.08. The molecule has 1 unspecified atom stereocenters. The average molecular weight is 216 g/mol. The van der Waals surface area contributed by atoms with Gasteiger partial charge in [0.1, 0.15) is 0 Å². The predicted octanol–water partition coefficient (Wildman–Crippen LogP) is 2.68. The number of benzene rings is 1. The van der Waals surface area contributed by atoms with Crippen LogP contribution in [0, 0.1) is 0 Å². The number of para-hydroxylation sites is 1. The zero-order chi connectivity index (χ0) is 11.0. The van der Waals surface area contributed by atoms with E-state index in [1.165, 1.54) is 37.1 Å². The molecule has 1 aromatic rings. The Balaban J connectivity index is 1.73. The van der Waals surface area contributed by atoms with Gasteiger partial charge in [-0.15, -0.1) is 0 Å². The highest BCUT2D eigenvalue weighted by atomic mass is 15.1. The first kappa shape index (κ1) is 10.2. The first-order valence-corrected chi connectivity index (χ1v) is 6.37. The van der Waals surface area contributed by atoms with Crippen molar-refractivity contribution in [2.24, 2.45) is 0 Å². The molecule has 0 aromatic heterocycles. The summed E-state index contributed by atoms with van der Waals surface area (Å²) in [4.78, 5) is 2.53. The summed E-state index contributed by atoms with van der Waals surface area (Å²) in [7, 11) is 2.27. The highest BCUT2D eigenvalue weighted by Crippen LogP contribution is 2.36. The minimum atomic E-state index is 0.724. The van der Waals surface area contributed by atoms with E-state index in [-0.39, 0.29) is 0 Å². The molecule has 86 valence electrons. The molecular weight excluding hydrogens is 196 g/mol. The van der Waals surface area contributed by atoms with E-state index in [1.807, 2.05) is 0 Å². The second-order valence-corrected chi connectivity index (χ2v) is 5.18. The van der Waals surface area contributed by atoms with Crippen molar-refractivity contribution in [3.05, 3.63) is 29.8 Å². The SMILES string of the molecule is CN1CCC[C@H]1CC1CNc2ccccc21. The fourth-order valence-corrected chi connectivity index (χ4v) is 3.17. The van der Waals surface area contributed by atoms with Gasteiger partial charge < -0.3 is 10.2 Å². The molecule has 0 aliphatic carbocycles. The standard InChI is InChI=1S/C14H20N2/c1-16-8-4-5-12(16)9-11-10-15-14-7-3-2-6-13(11)14/h2-3,6-7,11-12,15H,4-5,8-10H2,1H3/t11?,12-/m0/s1. The third kappa shape index (κ3) is 1.71. The average Bonchev–Trinajstić information content (AvgIpc) is 2.88. The molecule has 2 heteroatoms. The fourth-order valence-electron chi connectivity index (χ4n) is 3.17. The molecule has 0 spiro atoms. The molecule has 2 aliphatic rings. The smallest absolute Gasteiger partial charge is 0.0376 e. The summed E-state index contributed by atoms with van der Waals surface area (Å²) < 4.78 is 0. The Morgan fingerprint density at radius 3 is 3.06 bits per heavy atom. The topological polar surface area (TPSA) is 15.3 Å². The van der Waals surface area contributed by atoms with Gasteiger partial charge in [0, 0.05) is 24.2 Å². The molecule has 2 atom stereocenters. The molecule has 2 heterocycles. The van der Waals surface area contributed by atoms with E-state index in [0.717, 1.165) is 18.5 Å². The molecule has 0 saturated carbocycles. The Kier molecular flexibility index (Phi) is 2.60. The van der Waals surface area contributed by atoms with Crippen LogP contribution in [0.25, 0.3) is 0 Å². The first-order chi connectivity index (χ1) is 7.84. The zero-order valence-electron chi connectivity index (χ0n) is 9.95. The van der Waals surface area contributed by atoms with Crippen molar-refractivity contribution in [3.8, 4) is 0 Å². The molecule has 0 amide bonds. The maximum absolute atomic E-state index is 3.52. The first-order valence-electron chi connectivity index (χ1n) is 6.37. The van der Waals surface area contributed by atoms with Crippen LogP contribution >= 0.6 is 0 Å². The van der Waals surface area contributed by atoms with Gasteiger partial charge in [0.05, 0.1) is 0 Å². The van der Waals surface area contributed by atoms with Crippen LogP contribution in [-0.4, -0.2) is 31.1 Å². The number of rotatable bonds is 2. The number of hydrogen-bond acceptors (Lipinski definition) is 2. The van der Waals surface area contributed by atoms with Crippen LogP contribution in [0.4, 0.5) is 5.69 Å². The Labute approximate surface area is 97.6 Å². The second kappa shape index (κ2) is 4.10. The number of anilines is 1. The summed E-state index contributed by atoms with van der Waals surface area (Å²) >= 11 is 0. The van der Waals surface area contributed by atoms with Gasteiger partial charge in [-0.25, -0.2) is 0 Å². The van der Waals surface area contributed by atoms with Gasteiger partial charge in [-0.3, -0.25) is 0 Å². The normalized spacial score (nSPS) is 29.1. The van der Waals surface area contributed by atoms with Crippen molar-refractivity contribution >= 4 is 5.69 Å². The molecule has 1 saturated heterocycles. The minimum Gasteiger partial charge on any atom is -0.384 e. The van der Waals surface area contributed by atoms with Crippen LogP contribution in [0.5, 0.6) is 0 Å². The number of hydrogen-bond donors (Lipinski definition) is 1. The lowest BCUT2D eigenvalue weighted by Crippen LogP contribution is -2.27. The minimum absolute atomic E-state index is 0.724. The van der Waals surface area contributed by atoms with E-state index in [1.54, 1.807) is 0 Å². The van der Waals surface area contributed by atoms with Crippen molar-refractivity contribution in [1.82, 2.24) is 4.90 Å². The maximum Gasteiger partial charge on any atom is 0.0376 e. The van der Waals surface area contributed by atoms with Crippen molar-refractivity contribution in [3.63, 3.8) is 0 Å². The Morgan fingerprint density at radius 1 is 1.38 bits per heavy atom. The third-order valence-corrected chi connectivity index (χ3v) is 4.17. The van der Waals surface area contributed by atoms with Gasteiger partial charge in [-0.2, -0.15) is 0 Å². The van der Waals surface area contributed by atoms with Crippen LogP contribution in [0.3, 0.4) is 0 Å². The zero-order valence-corrected chi connectivity index (χ0v) is 9.95. The molecule has 2 nitrogen and oxygen atoms in total. The van der Waals surface area contributed by atoms with Crippen LogP contribution in [0.2, 0.25) is 0 Å². The van der Waals surface area contributed by atoms with Crippen LogP contribution in [0.1, 0.15) is 30.7 Å². The van der Waals surface area contributed by atoms with E-state index in [2.05, 4.69) is 41.5 Å². The van der Waals surface area contributed by atoms with Crippen molar-refractivity contribution in [1.29, 1.82) is 0 Å². The number of fused-ring (bicyclic) bond motifs is 1. The molecule has 16 heavy (non-hydrogen) atoms. The van der Waals surface area contributed by atoms with E-state index in [4.69, 9.17) is 0 Å². The Morgan fingerprint density at radius 2 is 2.25 bits per heavy atom. The highest BCUT2D eigenvalue weighted by Gasteiger charge is 2.28. The molecule has 2 aliphatic heterocycles. The number of likely N-dealkylation sites (tertiary alicyclic amines) is 1. The lowest BCUT2D eigenvalue weighted by molar-refractivity contribution is 0.285. The molecule has 0 radical (unpaired) electrons. The molecule has 1 N–H and O–H groups in total. The molecular formula is C14H20N2. The summed E-state index contributed by atoms with van der Waals surface area (Å²) in [6, 6.07) is 9.58. The van der Waals surface area contributed by atoms with Crippen LogP contribution in [-0.2, 0) is 0 Å². The van der Waals surface area contributed by atoms with E-state index in [9.17, 15) is 0 Å². The summed E-state index contributed by atoms with van der Waals surface area (Å²) in [5.41, 5.74) is 2.89. The van der Waals surface area contributed by atoms with Gasteiger partial charge in [0.25, 0.3) is 0 Å². The van der Waals surface area contributed by atoms with Crippen molar-refractivity contribution in [2.45, 2.75) is 31.2 Å². The molecule has 3 rings (SSSR count). The van der Waals surface area contributed by atoms with Gasteiger partial charge in [0.2, 0.25) is 0 Å². The van der Waals surface area contributed by atoms with E-state index >= 15 is 0 Å². The van der Waals surface area contributed by atoms with E-state index < -0.39 is 0 Å². The van der Waals surface area contributed by atoms with Gasteiger partial charge >= 0.3 is 0 Å². The number of nitrogens with one attached hydrogen (secondary N) is 1. The summed E-state index contributed by atoms with van der Waals surface area (Å²) in [5, 5.41) is 3.52. The lowest BCUT2D eigenvalue weighted by atomic mass is 9.93. The largest absolute Gasteiger partial charge is 0.384 e. The van der Waals surface area contributed by atoms with Gasteiger partial charge in [0.15, 0.2) is 0 Å². The van der Waals surface area contributed by atoms with E-state index in [0.29, 0.717) is 0 Å². The van der Waals surface area contributed by atoms with Crippen molar-refractivity contribution in [2.75, 3.05) is 25.5 Å². The van der Waals surface area contributed by atoms with Gasteiger partial charge in [-0.1, -0.05) is 18.2 Å². The monoisotopic (exact) mass is 216 g/mol. The lowest BCUT2D eigenvalue weighted by Gasteiger charge is -2.22.